The Morgan fingerprint density at radius 2 is 1.97 bits per heavy atom. The van der Waals surface area contributed by atoms with Crippen molar-refractivity contribution >= 4 is 45.4 Å². The van der Waals surface area contributed by atoms with Gasteiger partial charge in [-0.3, -0.25) is 4.98 Å². The van der Waals surface area contributed by atoms with Crippen LogP contribution < -0.4 is 5.32 Å². The van der Waals surface area contributed by atoms with Crippen LogP contribution in [0.3, 0.4) is 0 Å². The van der Waals surface area contributed by atoms with Gasteiger partial charge >= 0.3 is 0 Å². The number of nitrogens with one attached hydrogen (secondary N) is 1. The van der Waals surface area contributed by atoms with Crippen molar-refractivity contribution in [2.45, 2.75) is 63.3 Å². The van der Waals surface area contributed by atoms with Crippen LogP contribution >= 0.6 is 23.1 Å². The number of aldehydes is 1. The molecule has 10 heteroatoms. The van der Waals surface area contributed by atoms with Gasteiger partial charge in [0.05, 0.1) is 33.8 Å². The van der Waals surface area contributed by atoms with Crippen molar-refractivity contribution in [3.05, 3.63) is 23.7 Å². The molecule has 0 radical (unpaired) electrons. The predicted molar refractivity (Wildman–Crippen MR) is 125 cm³/mol. The third kappa shape index (κ3) is 3.68. The second-order valence-corrected chi connectivity index (χ2v) is 10.4. The standard InChI is InChI=1S/C22H25N5O3S2/c1-10-15(20-26-16-11(2)23-7-6-14(16)32-20)19(27-21(24-10)31-5)25-13-8-12(9-28)17-18(13)30-22(3,4)29-17/h6-7,9,12-13,17-18H,8H2,1-5H3,(H,24,25,27). The minimum absolute atomic E-state index is 0.113. The van der Waals surface area contributed by atoms with E-state index in [9.17, 15) is 4.79 Å². The first-order valence-corrected chi connectivity index (χ1v) is 12.6. The number of aryl methyl sites for hydroxylation is 2. The molecule has 3 aromatic rings. The summed E-state index contributed by atoms with van der Waals surface area (Å²) in [5.74, 6) is -0.236. The summed E-state index contributed by atoms with van der Waals surface area (Å²) in [5, 5.41) is 5.10. The van der Waals surface area contributed by atoms with Gasteiger partial charge in [0.1, 0.15) is 28.7 Å². The number of aromatic nitrogens is 4. The van der Waals surface area contributed by atoms with Gasteiger partial charge in [-0.2, -0.15) is 0 Å². The number of thiazole rings is 1. The Hall–Kier alpha value is -2.14. The molecule has 0 amide bonds. The van der Waals surface area contributed by atoms with Crippen LogP contribution in [0.25, 0.3) is 20.8 Å². The van der Waals surface area contributed by atoms with Crippen molar-refractivity contribution in [3.63, 3.8) is 0 Å². The molecule has 5 rings (SSSR count). The molecule has 0 bridgehead atoms. The summed E-state index contributed by atoms with van der Waals surface area (Å²) in [6.07, 6.45) is 4.86. The van der Waals surface area contributed by atoms with Crippen LogP contribution in [0.15, 0.2) is 17.4 Å². The van der Waals surface area contributed by atoms with E-state index in [-0.39, 0.29) is 24.2 Å². The lowest BCUT2D eigenvalue weighted by atomic mass is 10.1. The zero-order valence-corrected chi connectivity index (χ0v) is 20.2. The summed E-state index contributed by atoms with van der Waals surface area (Å²) in [5.41, 5.74) is 3.50. The molecule has 8 nitrogen and oxygen atoms in total. The van der Waals surface area contributed by atoms with Gasteiger partial charge in [0.15, 0.2) is 10.9 Å². The number of carbonyl (C=O) groups is 1. The molecule has 2 aliphatic rings. The van der Waals surface area contributed by atoms with Crippen LogP contribution in [0.4, 0.5) is 5.82 Å². The van der Waals surface area contributed by atoms with Gasteiger partial charge in [0.2, 0.25) is 0 Å². The summed E-state index contributed by atoms with van der Waals surface area (Å²) in [4.78, 5) is 30.4. The summed E-state index contributed by atoms with van der Waals surface area (Å²) in [6.45, 7) is 7.70. The molecule has 0 spiro atoms. The molecule has 1 saturated heterocycles. The molecule has 1 N–H and O–H groups in total. The Morgan fingerprint density at radius 1 is 1.19 bits per heavy atom. The SMILES string of the molecule is CSc1nc(C)c(-c2nc3c(C)nccc3s2)c(NC2CC(C=O)C3OC(C)(C)OC23)n1. The third-order valence-electron chi connectivity index (χ3n) is 5.96. The Labute approximate surface area is 194 Å². The van der Waals surface area contributed by atoms with E-state index < -0.39 is 5.79 Å². The van der Waals surface area contributed by atoms with E-state index >= 15 is 0 Å². The lowest BCUT2D eigenvalue weighted by Gasteiger charge is -2.24. The molecule has 4 heterocycles. The van der Waals surface area contributed by atoms with E-state index in [1.54, 1.807) is 17.5 Å². The normalized spacial score (nSPS) is 26.4. The molecule has 4 unspecified atom stereocenters. The van der Waals surface area contributed by atoms with Crippen molar-refractivity contribution in [2.75, 3.05) is 11.6 Å². The molecule has 2 fully saturated rings. The molecule has 1 saturated carbocycles. The van der Waals surface area contributed by atoms with Crippen LogP contribution in [0.2, 0.25) is 0 Å². The van der Waals surface area contributed by atoms with Crippen molar-refractivity contribution < 1.29 is 14.3 Å². The zero-order chi connectivity index (χ0) is 22.6. The molecule has 4 atom stereocenters. The van der Waals surface area contributed by atoms with Crippen molar-refractivity contribution in [2.24, 2.45) is 5.92 Å². The van der Waals surface area contributed by atoms with Crippen LogP contribution in [0.1, 0.15) is 31.7 Å². The summed E-state index contributed by atoms with van der Waals surface area (Å²) < 4.78 is 13.3. The van der Waals surface area contributed by atoms with Crippen LogP contribution in [0, 0.1) is 19.8 Å². The molecule has 1 aliphatic carbocycles. The predicted octanol–water partition coefficient (Wildman–Crippen LogP) is 4.01. The van der Waals surface area contributed by atoms with Crippen LogP contribution in [0.5, 0.6) is 0 Å². The van der Waals surface area contributed by atoms with E-state index in [1.165, 1.54) is 11.8 Å². The lowest BCUT2D eigenvalue weighted by molar-refractivity contribution is -0.157. The number of nitrogens with zero attached hydrogens (tertiary/aromatic N) is 4. The third-order valence-corrected chi connectivity index (χ3v) is 7.55. The Kier molecular flexibility index (Phi) is 5.43. The summed E-state index contributed by atoms with van der Waals surface area (Å²) in [6, 6.07) is 1.86. The first kappa shape index (κ1) is 21.7. The molecular formula is C22H25N5O3S2. The van der Waals surface area contributed by atoms with Gasteiger partial charge < -0.3 is 19.6 Å². The van der Waals surface area contributed by atoms with E-state index in [0.29, 0.717) is 17.4 Å². The largest absolute Gasteiger partial charge is 0.364 e. The maximum atomic E-state index is 11.7. The number of ether oxygens (including phenoxy) is 2. The lowest BCUT2D eigenvalue weighted by Crippen LogP contribution is -2.35. The highest BCUT2D eigenvalue weighted by molar-refractivity contribution is 7.98. The highest BCUT2D eigenvalue weighted by Crippen LogP contribution is 2.43. The number of hydrogen-bond acceptors (Lipinski definition) is 10. The van der Waals surface area contributed by atoms with Gasteiger partial charge in [0.25, 0.3) is 0 Å². The second kappa shape index (κ2) is 8.02. The fourth-order valence-corrected chi connectivity index (χ4v) is 6.08. The van der Waals surface area contributed by atoms with Crippen LogP contribution in [-0.4, -0.2) is 56.5 Å². The fourth-order valence-electron chi connectivity index (χ4n) is 4.56. The monoisotopic (exact) mass is 471 g/mol. The van der Waals surface area contributed by atoms with Crippen LogP contribution in [-0.2, 0) is 14.3 Å². The highest BCUT2D eigenvalue weighted by Gasteiger charge is 2.54. The first-order valence-electron chi connectivity index (χ1n) is 10.5. The van der Waals surface area contributed by atoms with Gasteiger partial charge in [0, 0.05) is 12.1 Å². The molecular weight excluding hydrogens is 446 g/mol. The highest BCUT2D eigenvalue weighted by atomic mass is 32.2. The molecule has 1 aliphatic heterocycles. The second-order valence-electron chi connectivity index (χ2n) is 8.63. The van der Waals surface area contributed by atoms with E-state index in [0.717, 1.165) is 38.5 Å². The number of rotatable bonds is 5. The van der Waals surface area contributed by atoms with Crippen molar-refractivity contribution in [1.82, 2.24) is 19.9 Å². The summed E-state index contributed by atoms with van der Waals surface area (Å²) in [7, 11) is 0. The quantitative estimate of drug-likeness (QED) is 0.336. The van der Waals surface area contributed by atoms with E-state index in [2.05, 4.69) is 15.3 Å². The van der Waals surface area contributed by atoms with E-state index in [1.807, 2.05) is 40.0 Å². The molecule has 0 aromatic carbocycles. The van der Waals surface area contributed by atoms with Crippen molar-refractivity contribution in [3.8, 4) is 10.6 Å². The van der Waals surface area contributed by atoms with Crippen molar-refractivity contribution in [1.29, 1.82) is 0 Å². The number of fused-ring (bicyclic) bond motifs is 2. The summed E-state index contributed by atoms with van der Waals surface area (Å²) >= 11 is 3.09. The molecule has 168 valence electrons. The number of anilines is 1. The molecule has 32 heavy (non-hydrogen) atoms. The Morgan fingerprint density at radius 3 is 2.69 bits per heavy atom. The maximum absolute atomic E-state index is 11.7. The molecule has 3 aromatic heterocycles. The smallest absolute Gasteiger partial charge is 0.189 e. The topological polar surface area (TPSA) is 99.1 Å². The number of thioether (sulfide) groups is 1. The Balaban J connectivity index is 1.57. The zero-order valence-electron chi connectivity index (χ0n) is 18.6. The fraction of sp³-hybridized carbons (Fsp3) is 0.500. The van der Waals surface area contributed by atoms with Gasteiger partial charge in [-0.25, -0.2) is 15.0 Å². The van der Waals surface area contributed by atoms with Gasteiger partial charge in [-0.05, 0) is 46.4 Å². The Bertz CT molecular complexity index is 1200. The average molecular weight is 472 g/mol. The van der Waals surface area contributed by atoms with E-state index in [4.69, 9.17) is 19.4 Å². The average Bonchev–Trinajstić information content (AvgIpc) is 3.39. The minimum atomic E-state index is -0.719. The number of pyridine rings is 1. The maximum Gasteiger partial charge on any atom is 0.189 e. The van der Waals surface area contributed by atoms with Gasteiger partial charge in [-0.15, -0.1) is 11.3 Å². The number of hydrogen-bond donors (Lipinski definition) is 1. The van der Waals surface area contributed by atoms with Gasteiger partial charge in [-0.1, -0.05) is 11.8 Å². The number of carbonyl (C=O) groups excluding carboxylic acids is 1. The minimum Gasteiger partial charge on any atom is -0.364 e. The first-order chi connectivity index (χ1) is 15.3.